The van der Waals surface area contributed by atoms with Crippen LogP contribution in [-0.4, -0.2) is 33.7 Å². The molecule has 5 rings (SSSR count). The van der Waals surface area contributed by atoms with Crippen LogP contribution in [0.3, 0.4) is 0 Å². The van der Waals surface area contributed by atoms with Crippen molar-refractivity contribution in [3.63, 3.8) is 0 Å². The Labute approximate surface area is 175 Å². The van der Waals surface area contributed by atoms with Crippen molar-refractivity contribution in [1.29, 1.82) is 0 Å². The fourth-order valence-electron chi connectivity index (χ4n) is 3.75. The lowest BCUT2D eigenvalue weighted by molar-refractivity contribution is 0.390. The summed E-state index contributed by atoms with van der Waals surface area (Å²) in [6, 6.07) is 9.27. The quantitative estimate of drug-likeness (QED) is 0.442. The Balaban J connectivity index is 1.69. The standard InChI is InChI=1S/C22H17ClN4O3/c1-29-13-4-3-12(17(9-13)30-2)11-27-8-6-15-19-18(25-20(15)22(27)28)14-5-7-24-10-16(14)21(23)26-19/h3-10,25H,11H2,1-2H3. The molecule has 1 aromatic carbocycles. The van der Waals surface area contributed by atoms with Crippen LogP contribution in [-0.2, 0) is 6.54 Å². The maximum Gasteiger partial charge on any atom is 0.275 e. The van der Waals surface area contributed by atoms with Crippen molar-refractivity contribution in [2.24, 2.45) is 0 Å². The Morgan fingerprint density at radius 1 is 1.07 bits per heavy atom. The molecule has 5 aromatic rings. The SMILES string of the molecule is COc1ccc(Cn2ccc3c([nH]c4c5ccncc5c(Cl)nc34)c2=O)c(OC)c1. The molecule has 0 aliphatic rings. The molecule has 0 spiro atoms. The summed E-state index contributed by atoms with van der Waals surface area (Å²) in [6.45, 7) is 0.357. The number of hydrogen-bond donors (Lipinski definition) is 1. The van der Waals surface area contributed by atoms with Crippen molar-refractivity contribution >= 4 is 44.3 Å². The molecular formula is C22H17ClN4O3. The summed E-state index contributed by atoms with van der Waals surface area (Å²) in [7, 11) is 3.19. The number of nitrogens with zero attached hydrogens (tertiary/aromatic N) is 3. The number of methoxy groups -OCH3 is 2. The van der Waals surface area contributed by atoms with Crippen molar-refractivity contribution in [3.05, 3.63) is 70.0 Å². The molecule has 7 nitrogen and oxygen atoms in total. The van der Waals surface area contributed by atoms with Gasteiger partial charge in [-0.05, 0) is 24.3 Å². The van der Waals surface area contributed by atoms with E-state index < -0.39 is 0 Å². The highest BCUT2D eigenvalue weighted by atomic mass is 35.5. The first-order valence-electron chi connectivity index (χ1n) is 9.25. The summed E-state index contributed by atoms with van der Waals surface area (Å²) in [4.78, 5) is 25.1. The topological polar surface area (TPSA) is 82.0 Å². The molecule has 1 N–H and O–H groups in total. The average Bonchev–Trinajstić information content (AvgIpc) is 3.15. The third-order valence-electron chi connectivity index (χ3n) is 5.26. The van der Waals surface area contributed by atoms with Crippen molar-refractivity contribution in [2.75, 3.05) is 14.2 Å². The van der Waals surface area contributed by atoms with Gasteiger partial charge in [-0.1, -0.05) is 11.6 Å². The molecule has 0 saturated carbocycles. The molecule has 8 heteroatoms. The van der Waals surface area contributed by atoms with Crippen molar-refractivity contribution < 1.29 is 9.47 Å². The van der Waals surface area contributed by atoms with Gasteiger partial charge in [0.25, 0.3) is 5.56 Å². The van der Waals surface area contributed by atoms with E-state index in [1.807, 2.05) is 24.3 Å². The lowest BCUT2D eigenvalue weighted by atomic mass is 10.1. The van der Waals surface area contributed by atoms with E-state index in [2.05, 4.69) is 15.0 Å². The molecule has 0 amide bonds. The molecule has 4 aromatic heterocycles. The van der Waals surface area contributed by atoms with Crippen LogP contribution in [0, 0.1) is 0 Å². The fraction of sp³-hybridized carbons (Fsp3) is 0.136. The van der Waals surface area contributed by atoms with Crippen LogP contribution >= 0.6 is 11.6 Å². The zero-order chi connectivity index (χ0) is 20.8. The fourth-order valence-corrected chi connectivity index (χ4v) is 3.98. The summed E-state index contributed by atoms with van der Waals surface area (Å²) in [6.07, 6.45) is 5.12. The van der Waals surface area contributed by atoms with E-state index in [1.165, 1.54) is 0 Å². The van der Waals surface area contributed by atoms with E-state index in [-0.39, 0.29) is 5.56 Å². The Kier molecular flexibility index (Phi) is 4.33. The van der Waals surface area contributed by atoms with Crippen molar-refractivity contribution in [3.8, 4) is 11.5 Å². The van der Waals surface area contributed by atoms with E-state index in [4.69, 9.17) is 21.1 Å². The summed E-state index contributed by atoms with van der Waals surface area (Å²) in [5.41, 5.74) is 2.63. The second-order valence-electron chi connectivity index (χ2n) is 6.89. The Morgan fingerprint density at radius 3 is 2.73 bits per heavy atom. The van der Waals surface area contributed by atoms with Crippen LogP contribution in [0.4, 0.5) is 0 Å². The number of aromatic amines is 1. The summed E-state index contributed by atoms with van der Waals surface area (Å²) in [5, 5.41) is 2.70. The second kappa shape index (κ2) is 7.03. The Morgan fingerprint density at radius 2 is 1.93 bits per heavy atom. The molecule has 30 heavy (non-hydrogen) atoms. The molecule has 4 heterocycles. The molecule has 0 unspecified atom stereocenters. The first kappa shape index (κ1) is 18.4. The van der Waals surface area contributed by atoms with Gasteiger partial charge in [0.15, 0.2) is 0 Å². The predicted molar refractivity (Wildman–Crippen MR) is 117 cm³/mol. The maximum absolute atomic E-state index is 13.2. The van der Waals surface area contributed by atoms with Crippen LogP contribution in [0.1, 0.15) is 5.56 Å². The first-order valence-corrected chi connectivity index (χ1v) is 9.63. The molecule has 0 fully saturated rings. The molecule has 0 radical (unpaired) electrons. The minimum atomic E-state index is -0.151. The number of pyridine rings is 3. The number of halogens is 1. The van der Waals surface area contributed by atoms with Gasteiger partial charge in [0.05, 0.1) is 31.8 Å². The van der Waals surface area contributed by atoms with E-state index in [0.717, 1.165) is 27.2 Å². The number of fused-ring (bicyclic) bond motifs is 5. The minimum Gasteiger partial charge on any atom is -0.497 e. The number of ether oxygens (including phenoxy) is 2. The van der Waals surface area contributed by atoms with E-state index in [0.29, 0.717) is 34.2 Å². The second-order valence-corrected chi connectivity index (χ2v) is 7.25. The van der Waals surface area contributed by atoms with Gasteiger partial charge < -0.3 is 19.0 Å². The van der Waals surface area contributed by atoms with Gasteiger partial charge in [-0.25, -0.2) is 4.98 Å². The summed E-state index contributed by atoms with van der Waals surface area (Å²) < 4.78 is 12.3. The van der Waals surface area contributed by atoms with Gasteiger partial charge >= 0.3 is 0 Å². The minimum absolute atomic E-state index is 0.151. The van der Waals surface area contributed by atoms with Crippen LogP contribution in [0.25, 0.3) is 32.7 Å². The lowest BCUT2D eigenvalue weighted by Gasteiger charge is -2.12. The number of aromatic nitrogens is 4. The predicted octanol–water partition coefficient (Wildman–Crippen LogP) is 4.14. The van der Waals surface area contributed by atoms with Crippen LogP contribution < -0.4 is 15.0 Å². The number of hydrogen-bond acceptors (Lipinski definition) is 5. The summed E-state index contributed by atoms with van der Waals surface area (Å²) in [5.74, 6) is 1.35. The molecule has 0 bridgehead atoms. The number of nitrogens with one attached hydrogen (secondary N) is 1. The van der Waals surface area contributed by atoms with Crippen molar-refractivity contribution in [1.82, 2.24) is 19.5 Å². The average molecular weight is 421 g/mol. The number of H-pyrrole nitrogens is 1. The van der Waals surface area contributed by atoms with Crippen LogP contribution in [0.5, 0.6) is 11.5 Å². The Bertz CT molecular complexity index is 1490. The van der Waals surface area contributed by atoms with Gasteiger partial charge in [-0.15, -0.1) is 0 Å². The highest BCUT2D eigenvalue weighted by Gasteiger charge is 2.16. The van der Waals surface area contributed by atoms with Gasteiger partial charge in [-0.2, -0.15) is 0 Å². The van der Waals surface area contributed by atoms with E-state index >= 15 is 0 Å². The molecule has 0 atom stereocenters. The van der Waals surface area contributed by atoms with Crippen LogP contribution in [0.2, 0.25) is 5.15 Å². The summed E-state index contributed by atoms with van der Waals surface area (Å²) >= 11 is 6.36. The van der Waals surface area contributed by atoms with Gasteiger partial charge in [0.1, 0.15) is 22.2 Å². The molecular weight excluding hydrogens is 404 g/mol. The zero-order valence-corrected chi connectivity index (χ0v) is 17.0. The largest absolute Gasteiger partial charge is 0.497 e. The number of benzene rings is 1. The van der Waals surface area contributed by atoms with E-state index in [1.54, 1.807) is 43.4 Å². The third kappa shape index (κ3) is 2.78. The first-order chi connectivity index (χ1) is 14.6. The number of rotatable bonds is 4. The monoisotopic (exact) mass is 420 g/mol. The third-order valence-corrected chi connectivity index (χ3v) is 5.55. The normalized spacial score (nSPS) is 11.4. The van der Waals surface area contributed by atoms with Gasteiger partial charge in [0.2, 0.25) is 0 Å². The highest BCUT2D eigenvalue weighted by molar-refractivity contribution is 6.36. The van der Waals surface area contributed by atoms with Gasteiger partial charge in [-0.3, -0.25) is 9.78 Å². The highest BCUT2D eigenvalue weighted by Crippen LogP contribution is 2.32. The zero-order valence-electron chi connectivity index (χ0n) is 16.3. The Hall–Kier alpha value is -3.58. The molecule has 0 aliphatic heterocycles. The van der Waals surface area contributed by atoms with Gasteiger partial charge in [0, 0.05) is 46.4 Å². The smallest absolute Gasteiger partial charge is 0.275 e. The maximum atomic E-state index is 13.2. The molecule has 0 saturated heterocycles. The van der Waals surface area contributed by atoms with E-state index in [9.17, 15) is 4.79 Å². The lowest BCUT2D eigenvalue weighted by Crippen LogP contribution is -2.20. The van der Waals surface area contributed by atoms with Crippen LogP contribution in [0.15, 0.2) is 53.7 Å². The van der Waals surface area contributed by atoms with Crippen molar-refractivity contribution in [2.45, 2.75) is 6.54 Å². The molecule has 0 aliphatic carbocycles. The molecule has 150 valence electrons.